The summed E-state index contributed by atoms with van der Waals surface area (Å²) in [6.45, 7) is 2.14. The number of hydrogen-bond acceptors (Lipinski definition) is 4. The number of aromatic nitrogens is 2. The average molecular weight is 269 g/mol. The van der Waals surface area contributed by atoms with Gasteiger partial charge in [0.2, 0.25) is 0 Å². The highest BCUT2D eigenvalue weighted by Crippen LogP contribution is 2.32. The van der Waals surface area contributed by atoms with Gasteiger partial charge in [-0.1, -0.05) is 31.5 Å². The zero-order valence-corrected chi connectivity index (χ0v) is 11.6. The molecule has 1 aromatic carbocycles. The van der Waals surface area contributed by atoms with Gasteiger partial charge in [-0.3, -0.25) is 0 Å². The number of nitrogens with two attached hydrogens (primary N) is 1. The van der Waals surface area contributed by atoms with Gasteiger partial charge in [-0.05, 0) is 12.5 Å². The first-order valence-corrected chi connectivity index (χ1v) is 7.26. The van der Waals surface area contributed by atoms with Crippen molar-refractivity contribution in [2.75, 3.05) is 5.73 Å². The maximum Gasteiger partial charge on any atom is 0.163 e. The lowest BCUT2D eigenvalue weighted by molar-refractivity contribution is 0.877. The molecule has 96 valence electrons. The van der Waals surface area contributed by atoms with E-state index < -0.39 is 0 Å². The van der Waals surface area contributed by atoms with Crippen molar-refractivity contribution < 1.29 is 0 Å². The van der Waals surface area contributed by atoms with Gasteiger partial charge in [0, 0.05) is 32.8 Å². The van der Waals surface area contributed by atoms with Crippen LogP contribution in [0.5, 0.6) is 0 Å². The van der Waals surface area contributed by atoms with Crippen LogP contribution in [0.4, 0.5) is 5.82 Å². The second kappa shape index (κ2) is 4.97. The SMILES string of the molecule is CCCc1cc(N)nc(-c2csc3ccccc23)n1. The third kappa shape index (κ3) is 2.31. The van der Waals surface area contributed by atoms with Crippen LogP contribution in [0.25, 0.3) is 21.5 Å². The highest BCUT2D eigenvalue weighted by Gasteiger charge is 2.10. The van der Waals surface area contributed by atoms with Gasteiger partial charge in [0.05, 0.1) is 0 Å². The van der Waals surface area contributed by atoms with E-state index in [1.165, 1.54) is 10.1 Å². The van der Waals surface area contributed by atoms with Gasteiger partial charge in [-0.2, -0.15) is 0 Å². The fourth-order valence-corrected chi connectivity index (χ4v) is 3.11. The van der Waals surface area contributed by atoms with Crippen LogP contribution in [0.2, 0.25) is 0 Å². The van der Waals surface area contributed by atoms with Gasteiger partial charge in [-0.25, -0.2) is 9.97 Å². The number of fused-ring (bicyclic) bond motifs is 1. The molecule has 0 fully saturated rings. The Morgan fingerprint density at radius 3 is 2.89 bits per heavy atom. The minimum atomic E-state index is 0.545. The Bertz CT molecular complexity index is 718. The number of benzene rings is 1. The van der Waals surface area contributed by atoms with Crippen LogP contribution in [0.1, 0.15) is 19.0 Å². The maximum atomic E-state index is 5.89. The van der Waals surface area contributed by atoms with Crippen LogP contribution in [-0.2, 0) is 6.42 Å². The topological polar surface area (TPSA) is 51.8 Å². The normalized spacial score (nSPS) is 11.0. The third-order valence-electron chi connectivity index (χ3n) is 3.03. The zero-order chi connectivity index (χ0) is 13.2. The molecule has 0 aliphatic carbocycles. The van der Waals surface area contributed by atoms with Gasteiger partial charge in [-0.15, -0.1) is 11.3 Å². The molecule has 2 heterocycles. The second-order valence-electron chi connectivity index (χ2n) is 4.50. The minimum absolute atomic E-state index is 0.545. The van der Waals surface area contributed by atoms with Crippen molar-refractivity contribution in [3.63, 3.8) is 0 Å². The van der Waals surface area contributed by atoms with Crippen molar-refractivity contribution in [1.82, 2.24) is 9.97 Å². The van der Waals surface area contributed by atoms with Crippen molar-refractivity contribution in [2.45, 2.75) is 19.8 Å². The minimum Gasteiger partial charge on any atom is -0.384 e. The molecule has 0 atom stereocenters. The van der Waals surface area contributed by atoms with Gasteiger partial charge >= 0.3 is 0 Å². The quantitative estimate of drug-likeness (QED) is 0.784. The molecule has 0 amide bonds. The summed E-state index contributed by atoms with van der Waals surface area (Å²) in [4.78, 5) is 9.01. The molecule has 0 unspecified atom stereocenters. The van der Waals surface area contributed by atoms with Crippen LogP contribution < -0.4 is 5.73 Å². The van der Waals surface area contributed by atoms with Crippen LogP contribution in [0.15, 0.2) is 35.7 Å². The van der Waals surface area contributed by atoms with Gasteiger partial charge in [0.1, 0.15) is 5.82 Å². The Morgan fingerprint density at radius 1 is 1.21 bits per heavy atom. The van der Waals surface area contributed by atoms with Crippen molar-refractivity contribution >= 4 is 27.2 Å². The van der Waals surface area contributed by atoms with Gasteiger partial charge in [0.15, 0.2) is 5.82 Å². The molecule has 0 saturated carbocycles. The summed E-state index contributed by atoms with van der Waals surface area (Å²) in [6, 6.07) is 10.2. The molecule has 19 heavy (non-hydrogen) atoms. The van der Waals surface area contributed by atoms with Crippen molar-refractivity contribution in [1.29, 1.82) is 0 Å². The lowest BCUT2D eigenvalue weighted by Crippen LogP contribution is -2.00. The Kier molecular flexibility index (Phi) is 3.17. The average Bonchev–Trinajstić information content (AvgIpc) is 2.82. The Balaban J connectivity index is 2.15. The summed E-state index contributed by atoms with van der Waals surface area (Å²) in [5, 5.41) is 3.30. The fraction of sp³-hybridized carbons (Fsp3) is 0.200. The molecule has 0 aliphatic rings. The first-order valence-electron chi connectivity index (χ1n) is 6.38. The smallest absolute Gasteiger partial charge is 0.163 e. The highest BCUT2D eigenvalue weighted by atomic mass is 32.1. The molecule has 0 saturated heterocycles. The van der Waals surface area contributed by atoms with E-state index in [1.807, 2.05) is 18.2 Å². The van der Waals surface area contributed by atoms with Crippen LogP contribution in [-0.4, -0.2) is 9.97 Å². The maximum absolute atomic E-state index is 5.89. The van der Waals surface area contributed by atoms with E-state index in [-0.39, 0.29) is 0 Å². The zero-order valence-electron chi connectivity index (χ0n) is 10.8. The molecule has 3 nitrogen and oxygen atoms in total. The summed E-state index contributed by atoms with van der Waals surface area (Å²) < 4.78 is 1.25. The second-order valence-corrected chi connectivity index (χ2v) is 5.41. The molecule has 3 rings (SSSR count). The summed E-state index contributed by atoms with van der Waals surface area (Å²) in [6.07, 6.45) is 1.99. The molecule has 0 aliphatic heterocycles. The standard InChI is InChI=1S/C15H15N3S/c1-2-5-10-8-14(16)18-15(17-10)12-9-19-13-7-4-3-6-11(12)13/h3-4,6-9H,2,5H2,1H3,(H2,16,17,18). The number of hydrogen-bond donors (Lipinski definition) is 1. The summed E-state index contributed by atoms with van der Waals surface area (Å²) >= 11 is 1.71. The number of rotatable bonds is 3. The molecular weight excluding hydrogens is 254 g/mol. The lowest BCUT2D eigenvalue weighted by Gasteiger charge is -2.04. The summed E-state index contributed by atoms with van der Waals surface area (Å²) in [5.74, 6) is 1.28. The van der Waals surface area contributed by atoms with Crippen molar-refractivity contribution in [3.05, 3.63) is 41.4 Å². The van der Waals surface area contributed by atoms with Crippen molar-refractivity contribution in [3.8, 4) is 11.4 Å². The number of aryl methyl sites for hydroxylation is 1. The number of thiophene rings is 1. The van der Waals surface area contributed by atoms with E-state index in [2.05, 4.69) is 34.4 Å². The van der Waals surface area contributed by atoms with Crippen LogP contribution >= 0.6 is 11.3 Å². The van der Waals surface area contributed by atoms with E-state index in [9.17, 15) is 0 Å². The Hall–Kier alpha value is -1.94. The predicted molar refractivity (Wildman–Crippen MR) is 81.3 cm³/mol. The monoisotopic (exact) mass is 269 g/mol. The third-order valence-corrected chi connectivity index (χ3v) is 3.99. The van der Waals surface area contributed by atoms with E-state index in [0.717, 1.165) is 29.9 Å². The lowest BCUT2D eigenvalue weighted by atomic mass is 10.1. The Morgan fingerprint density at radius 2 is 2.05 bits per heavy atom. The first kappa shape index (κ1) is 12.1. The van der Waals surface area contributed by atoms with Gasteiger partial charge < -0.3 is 5.73 Å². The molecule has 0 bridgehead atoms. The summed E-state index contributed by atoms with van der Waals surface area (Å²) in [7, 11) is 0. The molecule has 3 aromatic rings. The fourth-order valence-electron chi connectivity index (χ4n) is 2.17. The van der Waals surface area contributed by atoms with Crippen molar-refractivity contribution in [2.24, 2.45) is 0 Å². The van der Waals surface area contributed by atoms with E-state index in [0.29, 0.717) is 5.82 Å². The number of anilines is 1. The van der Waals surface area contributed by atoms with Crippen LogP contribution in [0.3, 0.4) is 0 Å². The molecule has 0 radical (unpaired) electrons. The van der Waals surface area contributed by atoms with Crippen LogP contribution in [0, 0.1) is 0 Å². The van der Waals surface area contributed by atoms with E-state index >= 15 is 0 Å². The first-order chi connectivity index (χ1) is 9.28. The molecular formula is C15H15N3S. The molecule has 4 heteroatoms. The highest BCUT2D eigenvalue weighted by molar-refractivity contribution is 7.17. The van der Waals surface area contributed by atoms with E-state index in [4.69, 9.17) is 5.73 Å². The summed E-state index contributed by atoms with van der Waals surface area (Å²) in [5.41, 5.74) is 7.98. The largest absolute Gasteiger partial charge is 0.384 e. The number of nitrogen functional groups attached to an aromatic ring is 1. The molecule has 0 spiro atoms. The predicted octanol–water partition coefficient (Wildman–Crippen LogP) is 3.89. The number of nitrogens with zero attached hydrogens (tertiary/aromatic N) is 2. The molecule has 2 aromatic heterocycles. The van der Waals surface area contributed by atoms with Gasteiger partial charge in [0.25, 0.3) is 0 Å². The van der Waals surface area contributed by atoms with E-state index in [1.54, 1.807) is 11.3 Å². The molecule has 2 N–H and O–H groups in total. The Labute approximate surface area is 116 Å².